The topological polar surface area (TPSA) is 63.8 Å². The van der Waals surface area contributed by atoms with E-state index in [0.717, 1.165) is 20.5 Å². The third-order valence-corrected chi connectivity index (χ3v) is 4.73. The first-order chi connectivity index (χ1) is 11.6. The summed E-state index contributed by atoms with van der Waals surface area (Å²) in [5.41, 5.74) is 9.10. The van der Waals surface area contributed by atoms with Gasteiger partial charge in [0.2, 0.25) is 0 Å². The van der Waals surface area contributed by atoms with E-state index in [-0.39, 0.29) is 0 Å². The SMILES string of the molecule is Cc1ccc(Sc2ncnc(NCc3ccc(Cl)cc3)c2N)cc1. The van der Waals surface area contributed by atoms with Gasteiger partial charge in [-0.3, -0.25) is 0 Å². The number of halogens is 1. The summed E-state index contributed by atoms with van der Waals surface area (Å²) in [4.78, 5) is 9.63. The van der Waals surface area contributed by atoms with Gasteiger partial charge in [0.05, 0.1) is 0 Å². The van der Waals surface area contributed by atoms with E-state index in [1.165, 1.54) is 23.7 Å². The van der Waals surface area contributed by atoms with E-state index in [2.05, 4.69) is 46.5 Å². The molecule has 3 aromatic rings. The highest BCUT2D eigenvalue weighted by molar-refractivity contribution is 7.99. The summed E-state index contributed by atoms with van der Waals surface area (Å²) in [6.07, 6.45) is 1.52. The van der Waals surface area contributed by atoms with Crippen molar-refractivity contribution in [3.05, 3.63) is 71.0 Å². The molecule has 0 saturated heterocycles. The Morgan fingerprint density at radius 3 is 2.46 bits per heavy atom. The second-order valence-electron chi connectivity index (χ2n) is 5.34. The second-order valence-corrected chi connectivity index (χ2v) is 6.83. The molecule has 1 aromatic heterocycles. The van der Waals surface area contributed by atoms with Gasteiger partial charge in [-0.15, -0.1) is 0 Å². The Morgan fingerprint density at radius 2 is 1.75 bits per heavy atom. The molecule has 0 spiro atoms. The van der Waals surface area contributed by atoms with E-state index >= 15 is 0 Å². The molecule has 0 aliphatic rings. The smallest absolute Gasteiger partial charge is 0.154 e. The zero-order valence-electron chi connectivity index (χ0n) is 13.2. The number of nitrogens with one attached hydrogen (secondary N) is 1. The van der Waals surface area contributed by atoms with Crippen molar-refractivity contribution in [2.75, 3.05) is 11.1 Å². The Balaban J connectivity index is 1.72. The average Bonchev–Trinajstić information content (AvgIpc) is 2.59. The first kappa shape index (κ1) is 16.6. The van der Waals surface area contributed by atoms with Gasteiger partial charge in [-0.05, 0) is 36.8 Å². The minimum absolute atomic E-state index is 0.553. The van der Waals surface area contributed by atoms with Gasteiger partial charge >= 0.3 is 0 Å². The number of anilines is 2. The number of aromatic nitrogens is 2. The number of rotatable bonds is 5. The minimum atomic E-state index is 0.553. The summed E-state index contributed by atoms with van der Waals surface area (Å²) in [7, 11) is 0. The first-order valence-corrected chi connectivity index (χ1v) is 8.64. The van der Waals surface area contributed by atoms with Crippen LogP contribution in [0.4, 0.5) is 11.5 Å². The molecule has 4 nitrogen and oxygen atoms in total. The zero-order valence-corrected chi connectivity index (χ0v) is 14.7. The maximum Gasteiger partial charge on any atom is 0.154 e. The summed E-state index contributed by atoms with van der Waals surface area (Å²) in [6.45, 7) is 2.68. The molecule has 2 aromatic carbocycles. The molecule has 24 heavy (non-hydrogen) atoms. The molecular formula is C18H17ClN4S. The summed E-state index contributed by atoms with van der Waals surface area (Å²) in [5.74, 6) is 0.634. The van der Waals surface area contributed by atoms with Crippen molar-refractivity contribution in [3.63, 3.8) is 0 Å². The number of hydrogen-bond acceptors (Lipinski definition) is 5. The monoisotopic (exact) mass is 356 g/mol. The van der Waals surface area contributed by atoms with Gasteiger partial charge < -0.3 is 11.1 Å². The lowest BCUT2D eigenvalue weighted by atomic mass is 10.2. The lowest BCUT2D eigenvalue weighted by Crippen LogP contribution is -2.06. The quantitative estimate of drug-likeness (QED) is 0.644. The molecule has 122 valence electrons. The molecule has 0 aliphatic carbocycles. The fourth-order valence-electron chi connectivity index (χ4n) is 2.11. The van der Waals surface area contributed by atoms with Gasteiger partial charge in [0, 0.05) is 16.5 Å². The Bertz CT molecular complexity index is 819. The predicted octanol–water partition coefficient (Wildman–Crippen LogP) is 4.78. The Kier molecular flexibility index (Phi) is 5.23. The third-order valence-electron chi connectivity index (χ3n) is 3.46. The van der Waals surface area contributed by atoms with E-state index in [0.29, 0.717) is 18.1 Å². The van der Waals surface area contributed by atoms with E-state index < -0.39 is 0 Å². The number of nitrogens with two attached hydrogens (primary N) is 1. The van der Waals surface area contributed by atoms with Crippen molar-refractivity contribution in [2.45, 2.75) is 23.4 Å². The standard InChI is InChI=1S/C18H17ClN4S/c1-12-2-8-15(9-3-12)24-18-16(20)17(22-11-23-18)21-10-13-4-6-14(19)7-5-13/h2-9,11H,10,20H2,1H3,(H,21,22,23). The average molecular weight is 357 g/mol. The maximum atomic E-state index is 6.22. The van der Waals surface area contributed by atoms with Crippen molar-refractivity contribution in [3.8, 4) is 0 Å². The van der Waals surface area contributed by atoms with Crippen LogP contribution in [0.5, 0.6) is 0 Å². The molecule has 3 rings (SSSR count). The zero-order chi connectivity index (χ0) is 16.9. The number of benzene rings is 2. The van der Waals surface area contributed by atoms with E-state index in [1.807, 2.05) is 24.3 Å². The highest BCUT2D eigenvalue weighted by Gasteiger charge is 2.09. The Hall–Kier alpha value is -2.24. The molecule has 1 heterocycles. The normalized spacial score (nSPS) is 10.6. The maximum absolute atomic E-state index is 6.22. The van der Waals surface area contributed by atoms with Gasteiger partial charge in [0.25, 0.3) is 0 Å². The van der Waals surface area contributed by atoms with Gasteiger partial charge in [-0.1, -0.05) is 53.2 Å². The van der Waals surface area contributed by atoms with Crippen molar-refractivity contribution in [1.82, 2.24) is 9.97 Å². The highest BCUT2D eigenvalue weighted by atomic mass is 35.5. The lowest BCUT2D eigenvalue weighted by molar-refractivity contribution is 1.03. The van der Waals surface area contributed by atoms with Gasteiger partial charge in [-0.2, -0.15) is 0 Å². The summed E-state index contributed by atoms with van der Waals surface area (Å²) < 4.78 is 0. The van der Waals surface area contributed by atoms with E-state index in [4.69, 9.17) is 17.3 Å². The van der Waals surface area contributed by atoms with Crippen LogP contribution in [-0.4, -0.2) is 9.97 Å². The van der Waals surface area contributed by atoms with Crippen LogP contribution in [0.1, 0.15) is 11.1 Å². The van der Waals surface area contributed by atoms with Gasteiger partial charge in [-0.25, -0.2) is 9.97 Å². The minimum Gasteiger partial charge on any atom is -0.394 e. The van der Waals surface area contributed by atoms with Crippen LogP contribution in [-0.2, 0) is 6.54 Å². The van der Waals surface area contributed by atoms with Gasteiger partial charge in [0.1, 0.15) is 17.0 Å². The summed E-state index contributed by atoms with van der Waals surface area (Å²) in [6, 6.07) is 15.9. The molecule has 0 fully saturated rings. The van der Waals surface area contributed by atoms with Crippen LogP contribution in [0.3, 0.4) is 0 Å². The Labute approximate surface area is 150 Å². The molecule has 0 unspecified atom stereocenters. The van der Waals surface area contributed by atoms with Crippen LogP contribution in [0, 0.1) is 6.92 Å². The fourth-order valence-corrected chi connectivity index (χ4v) is 3.04. The summed E-state index contributed by atoms with van der Waals surface area (Å²) in [5, 5.41) is 4.71. The third kappa shape index (κ3) is 4.19. The molecule has 3 N–H and O–H groups in total. The second kappa shape index (κ2) is 7.55. The number of hydrogen-bond donors (Lipinski definition) is 2. The van der Waals surface area contributed by atoms with Crippen LogP contribution < -0.4 is 11.1 Å². The summed E-state index contributed by atoms with van der Waals surface area (Å²) >= 11 is 7.42. The molecule has 0 amide bonds. The lowest BCUT2D eigenvalue weighted by Gasteiger charge is -2.11. The fraction of sp³-hybridized carbons (Fsp3) is 0.111. The predicted molar refractivity (Wildman–Crippen MR) is 101 cm³/mol. The molecule has 0 radical (unpaired) electrons. The van der Waals surface area contributed by atoms with Crippen LogP contribution >= 0.6 is 23.4 Å². The molecule has 0 bridgehead atoms. The Morgan fingerprint density at radius 1 is 1.04 bits per heavy atom. The molecule has 0 saturated carbocycles. The van der Waals surface area contributed by atoms with E-state index in [1.54, 1.807) is 0 Å². The number of nitrogens with zero attached hydrogens (tertiary/aromatic N) is 2. The van der Waals surface area contributed by atoms with Crippen molar-refractivity contribution >= 4 is 34.9 Å². The van der Waals surface area contributed by atoms with Crippen molar-refractivity contribution in [2.24, 2.45) is 0 Å². The van der Waals surface area contributed by atoms with Crippen LogP contribution in [0.25, 0.3) is 0 Å². The number of aryl methyl sites for hydroxylation is 1. The molecule has 0 atom stereocenters. The van der Waals surface area contributed by atoms with E-state index in [9.17, 15) is 0 Å². The first-order valence-electron chi connectivity index (χ1n) is 7.45. The molecule has 0 aliphatic heterocycles. The van der Waals surface area contributed by atoms with Crippen LogP contribution in [0.2, 0.25) is 5.02 Å². The number of nitrogen functional groups attached to an aromatic ring is 1. The van der Waals surface area contributed by atoms with Crippen molar-refractivity contribution < 1.29 is 0 Å². The molecular weight excluding hydrogens is 340 g/mol. The highest BCUT2D eigenvalue weighted by Crippen LogP contribution is 2.33. The van der Waals surface area contributed by atoms with Crippen LogP contribution in [0.15, 0.2) is 64.8 Å². The van der Waals surface area contributed by atoms with Crippen molar-refractivity contribution in [1.29, 1.82) is 0 Å². The van der Waals surface area contributed by atoms with Gasteiger partial charge in [0.15, 0.2) is 5.82 Å². The molecule has 6 heteroatoms. The largest absolute Gasteiger partial charge is 0.394 e.